The Kier molecular flexibility index (Phi) is 11.2. The number of amides is 1. The van der Waals surface area contributed by atoms with Crippen LogP contribution < -0.4 is 11.1 Å². The zero-order chi connectivity index (χ0) is 15.9. The molecule has 5 heteroatoms. The molecule has 1 atom stereocenters. The lowest BCUT2D eigenvalue weighted by atomic mass is 9.96. The molecule has 0 heterocycles. The van der Waals surface area contributed by atoms with Crippen molar-refractivity contribution in [3.8, 4) is 0 Å². The van der Waals surface area contributed by atoms with E-state index in [0.717, 1.165) is 25.7 Å². The zero-order valence-corrected chi connectivity index (χ0v) is 13.2. The predicted molar refractivity (Wildman–Crippen MR) is 87.6 cm³/mol. The van der Waals surface area contributed by atoms with Crippen molar-refractivity contribution in [1.29, 1.82) is 0 Å². The van der Waals surface area contributed by atoms with E-state index in [2.05, 4.69) is 29.6 Å². The largest absolute Gasteiger partial charge is 0.379 e. The van der Waals surface area contributed by atoms with Gasteiger partial charge < -0.3 is 20.5 Å². The van der Waals surface area contributed by atoms with Crippen LogP contribution in [0, 0.1) is 5.92 Å². The second-order valence-corrected chi connectivity index (χ2v) is 5.22. The highest BCUT2D eigenvalue weighted by atomic mass is 16.5. The van der Waals surface area contributed by atoms with Gasteiger partial charge in [-0.05, 0) is 30.7 Å². The van der Waals surface area contributed by atoms with Crippen LogP contribution in [0.15, 0.2) is 30.3 Å². The van der Waals surface area contributed by atoms with Crippen molar-refractivity contribution in [2.24, 2.45) is 11.7 Å². The molecule has 0 aliphatic heterocycles. The van der Waals surface area contributed by atoms with E-state index >= 15 is 0 Å². The second kappa shape index (κ2) is 13.2. The van der Waals surface area contributed by atoms with E-state index in [4.69, 9.17) is 15.2 Å². The lowest BCUT2D eigenvalue weighted by molar-refractivity contribution is -0.109. The zero-order valence-electron chi connectivity index (χ0n) is 13.2. The molecule has 1 amide bonds. The van der Waals surface area contributed by atoms with Crippen molar-refractivity contribution in [3.63, 3.8) is 0 Å². The summed E-state index contributed by atoms with van der Waals surface area (Å²) in [6.45, 7) is 3.67. The van der Waals surface area contributed by atoms with E-state index in [0.29, 0.717) is 45.4 Å². The molecule has 1 aromatic carbocycles. The van der Waals surface area contributed by atoms with Gasteiger partial charge >= 0.3 is 0 Å². The molecule has 0 aliphatic rings. The minimum Gasteiger partial charge on any atom is -0.379 e. The highest BCUT2D eigenvalue weighted by Gasteiger charge is 2.09. The molecule has 0 fully saturated rings. The third kappa shape index (κ3) is 9.50. The fourth-order valence-electron chi connectivity index (χ4n) is 2.23. The van der Waals surface area contributed by atoms with Crippen LogP contribution >= 0.6 is 0 Å². The normalized spacial score (nSPS) is 12.0. The first-order valence-corrected chi connectivity index (χ1v) is 7.93. The summed E-state index contributed by atoms with van der Waals surface area (Å²) in [6.07, 6.45) is 3.76. The number of ether oxygens (including phenoxy) is 2. The Balaban J connectivity index is 2.18. The lowest BCUT2D eigenvalue weighted by Gasteiger charge is -2.16. The number of hydrogen-bond acceptors (Lipinski definition) is 4. The van der Waals surface area contributed by atoms with Crippen LogP contribution in [0.3, 0.4) is 0 Å². The molecule has 0 radical (unpaired) electrons. The molecule has 0 spiro atoms. The summed E-state index contributed by atoms with van der Waals surface area (Å²) in [5.41, 5.74) is 6.66. The molecule has 1 aromatic rings. The number of aryl methyl sites for hydroxylation is 1. The van der Waals surface area contributed by atoms with Crippen LogP contribution in [0.2, 0.25) is 0 Å². The first kappa shape index (κ1) is 18.6. The van der Waals surface area contributed by atoms with E-state index in [9.17, 15) is 4.79 Å². The van der Waals surface area contributed by atoms with Crippen molar-refractivity contribution in [3.05, 3.63) is 35.9 Å². The summed E-state index contributed by atoms with van der Waals surface area (Å²) in [4.78, 5) is 10.5. The van der Waals surface area contributed by atoms with Crippen LogP contribution in [-0.4, -0.2) is 45.9 Å². The Labute approximate surface area is 133 Å². The maximum atomic E-state index is 10.5. The van der Waals surface area contributed by atoms with E-state index in [1.807, 2.05) is 6.07 Å². The Morgan fingerprint density at radius 3 is 2.45 bits per heavy atom. The fraction of sp³-hybridized carbons (Fsp3) is 0.588. The van der Waals surface area contributed by atoms with Gasteiger partial charge in [0.05, 0.1) is 19.8 Å². The molecule has 3 N–H and O–H groups in total. The number of carbonyl (C=O) groups is 1. The van der Waals surface area contributed by atoms with E-state index in [-0.39, 0.29) is 0 Å². The molecule has 0 saturated carbocycles. The molecule has 124 valence electrons. The van der Waals surface area contributed by atoms with Gasteiger partial charge in [0.15, 0.2) is 0 Å². The first-order valence-electron chi connectivity index (χ1n) is 7.93. The summed E-state index contributed by atoms with van der Waals surface area (Å²) in [5.74, 6) is 0.426. The smallest absolute Gasteiger partial charge is 0.207 e. The number of rotatable bonds is 14. The summed E-state index contributed by atoms with van der Waals surface area (Å²) in [6, 6.07) is 10.4. The Morgan fingerprint density at radius 1 is 1.05 bits per heavy atom. The van der Waals surface area contributed by atoms with Gasteiger partial charge in [-0.1, -0.05) is 30.3 Å². The lowest BCUT2D eigenvalue weighted by Crippen LogP contribution is -2.23. The minimum absolute atomic E-state index is 0.426. The predicted octanol–water partition coefficient (Wildman–Crippen LogP) is 1.36. The average Bonchev–Trinajstić information content (AvgIpc) is 2.56. The van der Waals surface area contributed by atoms with Crippen molar-refractivity contribution in [2.75, 3.05) is 39.5 Å². The Hall–Kier alpha value is -1.43. The Morgan fingerprint density at radius 2 is 1.77 bits per heavy atom. The third-order valence-corrected chi connectivity index (χ3v) is 3.48. The summed E-state index contributed by atoms with van der Waals surface area (Å²) in [5, 5.41) is 2.78. The van der Waals surface area contributed by atoms with Crippen molar-refractivity contribution in [2.45, 2.75) is 19.3 Å². The molecule has 5 nitrogen and oxygen atoms in total. The van der Waals surface area contributed by atoms with Crippen LogP contribution in [-0.2, 0) is 20.7 Å². The number of nitrogens with two attached hydrogens (primary N) is 1. The van der Waals surface area contributed by atoms with Crippen LogP contribution in [0.4, 0.5) is 0 Å². The third-order valence-electron chi connectivity index (χ3n) is 3.48. The van der Waals surface area contributed by atoms with Gasteiger partial charge in [0.2, 0.25) is 6.41 Å². The minimum atomic E-state index is 0.426. The average molecular weight is 308 g/mol. The molecule has 0 saturated heterocycles. The monoisotopic (exact) mass is 308 g/mol. The number of carbonyl (C=O) groups excluding carboxylic acids is 1. The van der Waals surface area contributed by atoms with Crippen molar-refractivity contribution in [1.82, 2.24) is 5.32 Å². The van der Waals surface area contributed by atoms with E-state index in [1.54, 1.807) is 0 Å². The molecule has 0 bridgehead atoms. The fourth-order valence-corrected chi connectivity index (χ4v) is 2.23. The first-order chi connectivity index (χ1) is 10.9. The number of nitrogens with one attached hydrogen (secondary N) is 1. The van der Waals surface area contributed by atoms with Crippen molar-refractivity contribution < 1.29 is 14.3 Å². The molecular formula is C17H28N2O3. The maximum Gasteiger partial charge on any atom is 0.207 e. The van der Waals surface area contributed by atoms with E-state index < -0.39 is 0 Å². The quantitative estimate of drug-likeness (QED) is 0.402. The maximum absolute atomic E-state index is 10.5. The molecule has 1 unspecified atom stereocenters. The molecule has 0 aromatic heterocycles. The second-order valence-electron chi connectivity index (χ2n) is 5.22. The topological polar surface area (TPSA) is 73.6 Å². The summed E-state index contributed by atoms with van der Waals surface area (Å²) < 4.78 is 10.8. The molecule has 0 aliphatic carbocycles. The summed E-state index contributed by atoms with van der Waals surface area (Å²) >= 11 is 0. The highest BCUT2D eigenvalue weighted by Crippen LogP contribution is 2.13. The molecule has 22 heavy (non-hydrogen) atoms. The number of hydrogen-bond donors (Lipinski definition) is 2. The molecule has 1 rings (SSSR count). The van der Waals surface area contributed by atoms with Gasteiger partial charge in [-0.25, -0.2) is 0 Å². The van der Waals surface area contributed by atoms with Gasteiger partial charge in [-0.3, -0.25) is 4.79 Å². The SMILES string of the molecule is NCCOCCOCCC(CCc1ccccc1)CNC=O. The highest BCUT2D eigenvalue weighted by molar-refractivity contribution is 5.45. The van der Waals surface area contributed by atoms with Gasteiger partial charge in [0.1, 0.15) is 0 Å². The molecular weight excluding hydrogens is 280 g/mol. The Bertz CT molecular complexity index is 373. The summed E-state index contributed by atoms with van der Waals surface area (Å²) in [7, 11) is 0. The van der Waals surface area contributed by atoms with Crippen LogP contribution in [0.5, 0.6) is 0 Å². The van der Waals surface area contributed by atoms with Gasteiger partial charge in [0, 0.05) is 19.7 Å². The van der Waals surface area contributed by atoms with Crippen molar-refractivity contribution >= 4 is 6.41 Å². The standard InChI is InChI=1S/C17H28N2O3/c18-9-11-22-13-12-21-10-8-17(14-19-15-20)7-6-16-4-2-1-3-5-16/h1-5,15,17H,6-14,18H2,(H,19,20). The van der Waals surface area contributed by atoms with Gasteiger partial charge in [-0.2, -0.15) is 0 Å². The van der Waals surface area contributed by atoms with E-state index in [1.165, 1.54) is 5.56 Å². The van der Waals surface area contributed by atoms with Crippen LogP contribution in [0.1, 0.15) is 18.4 Å². The van der Waals surface area contributed by atoms with Gasteiger partial charge in [-0.15, -0.1) is 0 Å². The van der Waals surface area contributed by atoms with Gasteiger partial charge in [0.25, 0.3) is 0 Å². The van der Waals surface area contributed by atoms with Crippen LogP contribution in [0.25, 0.3) is 0 Å². The number of benzene rings is 1.